The molecule has 3 heterocycles. The fraction of sp³-hybridized carbons (Fsp3) is 0.375. The summed E-state index contributed by atoms with van der Waals surface area (Å²) in [4.78, 5) is 25.1. The quantitative estimate of drug-likeness (QED) is 0.617. The number of carbonyl (C=O) groups excluding carboxylic acids is 1. The molecule has 7 heteroatoms. The number of thiazole rings is 1. The molecule has 1 aliphatic heterocycles. The van der Waals surface area contributed by atoms with E-state index in [1.807, 2.05) is 37.9 Å². The Hall–Kier alpha value is -2.93. The number of rotatable bonds is 5. The Bertz CT molecular complexity index is 1080. The molecular formula is C24H28N4O2S. The third-order valence-corrected chi connectivity index (χ3v) is 6.89. The first kappa shape index (κ1) is 21.3. The first-order valence-electron chi connectivity index (χ1n) is 10.6. The number of nitrogens with zero attached hydrogens (tertiary/aromatic N) is 3. The summed E-state index contributed by atoms with van der Waals surface area (Å²) in [7, 11) is 3.50. The molecule has 0 aliphatic carbocycles. The minimum absolute atomic E-state index is 0.0734. The third kappa shape index (κ3) is 4.56. The van der Waals surface area contributed by atoms with Crippen molar-refractivity contribution in [3.63, 3.8) is 0 Å². The van der Waals surface area contributed by atoms with E-state index in [4.69, 9.17) is 9.72 Å². The molecule has 1 unspecified atom stereocenters. The van der Waals surface area contributed by atoms with Crippen LogP contribution >= 0.6 is 11.3 Å². The van der Waals surface area contributed by atoms with Gasteiger partial charge in [0.2, 0.25) is 0 Å². The van der Waals surface area contributed by atoms with Gasteiger partial charge in [-0.25, -0.2) is 4.98 Å². The summed E-state index contributed by atoms with van der Waals surface area (Å²) in [5.41, 5.74) is 5.11. The Morgan fingerprint density at radius 1 is 1.16 bits per heavy atom. The molecule has 4 rings (SSSR count). The van der Waals surface area contributed by atoms with E-state index in [0.717, 1.165) is 63.4 Å². The van der Waals surface area contributed by atoms with Crippen LogP contribution in [0.4, 0.5) is 5.13 Å². The fourth-order valence-corrected chi connectivity index (χ4v) is 4.99. The van der Waals surface area contributed by atoms with Crippen LogP contribution in [-0.2, 0) is 0 Å². The monoisotopic (exact) mass is 436 g/mol. The largest absolute Gasteiger partial charge is 0.497 e. The van der Waals surface area contributed by atoms with Crippen molar-refractivity contribution in [3.05, 3.63) is 58.4 Å². The molecule has 1 aromatic carbocycles. The average molecular weight is 437 g/mol. The van der Waals surface area contributed by atoms with E-state index in [9.17, 15) is 4.79 Å². The summed E-state index contributed by atoms with van der Waals surface area (Å²) < 4.78 is 5.28. The number of aromatic nitrogens is 2. The van der Waals surface area contributed by atoms with Crippen LogP contribution in [0.3, 0.4) is 0 Å². The molecule has 3 aromatic rings. The van der Waals surface area contributed by atoms with E-state index < -0.39 is 0 Å². The topological polar surface area (TPSA) is 67.4 Å². The predicted molar refractivity (Wildman–Crippen MR) is 125 cm³/mol. The van der Waals surface area contributed by atoms with Gasteiger partial charge in [0.25, 0.3) is 5.91 Å². The molecule has 6 nitrogen and oxygen atoms in total. The number of hydrogen-bond acceptors (Lipinski definition) is 6. The first-order chi connectivity index (χ1) is 15.0. The number of aryl methyl sites for hydroxylation is 2. The van der Waals surface area contributed by atoms with Crippen molar-refractivity contribution in [3.8, 4) is 16.9 Å². The fourth-order valence-electron chi connectivity index (χ4n) is 4.10. The SMILES string of the molecule is CNc1nc(C)c(C(=O)N2CCCC(c3cc(-c4ccc(OC)cc4)cc(C)n3)C2)s1. The van der Waals surface area contributed by atoms with Crippen LogP contribution in [0.5, 0.6) is 5.75 Å². The van der Waals surface area contributed by atoms with Crippen LogP contribution in [0.2, 0.25) is 0 Å². The predicted octanol–water partition coefficient (Wildman–Crippen LogP) is 4.89. The third-order valence-electron chi connectivity index (χ3n) is 5.73. The smallest absolute Gasteiger partial charge is 0.265 e. The van der Waals surface area contributed by atoms with Gasteiger partial charge in [0.05, 0.1) is 12.8 Å². The van der Waals surface area contributed by atoms with Crippen molar-refractivity contribution in [2.24, 2.45) is 0 Å². The number of benzene rings is 1. The van der Waals surface area contributed by atoms with Crippen LogP contribution in [0.15, 0.2) is 36.4 Å². The van der Waals surface area contributed by atoms with Gasteiger partial charge in [0.1, 0.15) is 10.6 Å². The number of piperidine rings is 1. The van der Waals surface area contributed by atoms with Crippen LogP contribution < -0.4 is 10.1 Å². The van der Waals surface area contributed by atoms with E-state index in [1.54, 1.807) is 7.11 Å². The van der Waals surface area contributed by atoms with Crippen molar-refractivity contribution in [2.75, 3.05) is 32.6 Å². The molecule has 0 radical (unpaired) electrons. The maximum absolute atomic E-state index is 13.2. The lowest BCUT2D eigenvalue weighted by molar-refractivity contribution is 0.0710. The zero-order valence-corrected chi connectivity index (χ0v) is 19.3. The Morgan fingerprint density at radius 2 is 1.94 bits per heavy atom. The van der Waals surface area contributed by atoms with E-state index in [-0.39, 0.29) is 11.8 Å². The highest BCUT2D eigenvalue weighted by Crippen LogP contribution is 2.32. The Kier molecular flexibility index (Phi) is 6.23. The van der Waals surface area contributed by atoms with Gasteiger partial charge in [0.15, 0.2) is 5.13 Å². The van der Waals surface area contributed by atoms with Gasteiger partial charge >= 0.3 is 0 Å². The second-order valence-corrected chi connectivity index (χ2v) is 8.92. The summed E-state index contributed by atoms with van der Waals surface area (Å²) >= 11 is 1.42. The molecule has 1 aliphatic rings. The molecule has 1 atom stereocenters. The van der Waals surface area contributed by atoms with Gasteiger partial charge in [-0.15, -0.1) is 0 Å². The Labute approximate surface area is 187 Å². The van der Waals surface area contributed by atoms with E-state index >= 15 is 0 Å². The number of ether oxygens (including phenoxy) is 1. The second kappa shape index (κ2) is 9.06. The van der Waals surface area contributed by atoms with Gasteiger partial charge in [-0.2, -0.15) is 0 Å². The number of likely N-dealkylation sites (tertiary alicyclic amines) is 1. The van der Waals surface area contributed by atoms with Crippen LogP contribution in [0.25, 0.3) is 11.1 Å². The lowest BCUT2D eigenvalue weighted by atomic mass is 9.92. The maximum Gasteiger partial charge on any atom is 0.265 e. The number of carbonyl (C=O) groups is 1. The molecule has 0 bridgehead atoms. The van der Waals surface area contributed by atoms with Gasteiger partial charge in [-0.05, 0) is 62.1 Å². The Morgan fingerprint density at radius 3 is 2.61 bits per heavy atom. The van der Waals surface area contributed by atoms with Crippen molar-refractivity contribution in [1.82, 2.24) is 14.9 Å². The molecule has 1 saturated heterocycles. The molecule has 1 amide bonds. The normalized spacial score (nSPS) is 16.3. The number of anilines is 1. The minimum Gasteiger partial charge on any atom is -0.497 e. The summed E-state index contributed by atoms with van der Waals surface area (Å²) in [6.45, 7) is 5.39. The zero-order chi connectivity index (χ0) is 22.0. The van der Waals surface area contributed by atoms with Crippen molar-refractivity contribution >= 4 is 22.4 Å². The number of amides is 1. The standard InChI is InChI=1S/C24H28N4O2S/c1-15-12-19(17-7-9-20(30-4)10-8-17)13-21(26-15)18-6-5-11-28(14-18)23(29)22-16(2)27-24(25-3)31-22/h7-10,12-13,18H,5-6,11,14H2,1-4H3,(H,25,27). The minimum atomic E-state index is 0.0734. The Balaban J connectivity index is 1.57. The average Bonchev–Trinajstić information content (AvgIpc) is 3.19. The molecule has 1 fully saturated rings. The highest BCUT2D eigenvalue weighted by Gasteiger charge is 2.29. The van der Waals surface area contributed by atoms with Crippen molar-refractivity contribution in [1.29, 1.82) is 0 Å². The zero-order valence-electron chi connectivity index (χ0n) is 18.4. The first-order valence-corrected chi connectivity index (χ1v) is 11.4. The highest BCUT2D eigenvalue weighted by atomic mass is 32.1. The molecule has 0 saturated carbocycles. The van der Waals surface area contributed by atoms with Gasteiger partial charge < -0.3 is 15.0 Å². The van der Waals surface area contributed by atoms with Crippen molar-refractivity contribution in [2.45, 2.75) is 32.6 Å². The van der Waals surface area contributed by atoms with Crippen molar-refractivity contribution < 1.29 is 9.53 Å². The van der Waals surface area contributed by atoms with Crippen LogP contribution in [0, 0.1) is 13.8 Å². The molecule has 162 valence electrons. The van der Waals surface area contributed by atoms with E-state index in [2.05, 4.69) is 34.6 Å². The second-order valence-electron chi connectivity index (χ2n) is 7.92. The summed E-state index contributed by atoms with van der Waals surface area (Å²) in [6.07, 6.45) is 2.01. The van der Waals surface area contributed by atoms with Gasteiger partial charge in [-0.1, -0.05) is 23.5 Å². The number of pyridine rings is 1. The highest BCUT2D eigenvalue weighted by molar-refractivity contribution is 7.17. The van der Waals surface area contributed by atoms with E-state index in [1.165, 1.54) is 11.3 Å². The van der Waals surface area contributed by atoms with Gasteiger partial charge in [0, 0.05) is 37.4 Å². The molecule has 1 N–H and O–H groups in total. The number of hydrogen-bond donors (Lipinski definition) is 1. The maximum atomic E-state index is 13.2. The lowest BCUT2D eigenvalue weighted by Gasteiger charge is -2.32. The molecule has 2 aromatic heterocycles. The summed E-state index contributed by atoms with van der Waals surface area (Å²) in [5.74, 6) is 1.15. The molecule has 31 heavy (non-hydrogen) atoms. The summed E-state index contributed by atoms with van der Waals surface area (Å²) in [6, 6.07) is 12.4. The van der Waals surface area contributed by atoms with Gasteiger partial charge in [-0.3, -0.25) is 9.78 Å². The summed E-state index contributed by atoms with van der Waals surface area (Å²) in [5, 5.41) is 3.81. The van der Waals surface area contributed by atoms with Crippen LogP contribution in [-0.4, -0.2) is 48.0 Å². The lowest BCUT2D eigenvalue weighted by Crippen LogP contribution is -2.39. The molecule has 0 spiro atoms. The van der Waals surface area contributed by atoms with E-state index in [0.29, 0.717) is 6.54 Å². The number of nitrogens with one attached hydrogen (secondary N) is 1. The number of methoxy groups -OCH3 is 1. The molecular weight excluding hydrogens is 408 g/mol. The van der Waals surface area contributed by atoms with Crippen LogP contribution in [0.1, 0.15) is 45.5 Å².